The minimum Gasteiger partial charge on any atom is -0.313 e. The van der Waals surface area contributed by atoms with Gasteiger partial charge in [-0.2, -0.15) is 0 Å². The van der Waals surface area contributed by atoms with E-state index in [1.54, 1.807) is 6.20 Å². The van der Waals surface area contributed by atoms with Crippen LogP contribution in [0, 0.1) is 5.92 Å². The van der Waals surface area contributed by atoms with Crippen LogP contribution >= 0.6 is 0 Å². The maximum Gasteiger partial charge on any atom is 0.248 e. The molecule has 0 amide bonds. The highest BCUT2D eigenvalue weighted by atomic mass is 19.3. The van der Waals surface area contributed by atoms with Gasteiger partial charge in [0.25, 0.3) is 0 Å². The molecule has 0 bridgehead atoms. The minimum atomic E-state index is -2.45. The molecule has 1 atom stereocenters. The fourth-order valence-electron chi connectivity index (χ4n) is 2.94. The van der Waals surface area contributed by atoms with Crippen molar-refractivity contribution < 1.29 is 8.78 Å². The second kappa shape index (κ2) is 7.11. The summed E-state index contributed by atoms with van der Waals surface area (Å²) in [5, 5.41) is 3.53. The summed E-state index contributed by atoms with van der Waals surface area (Å²) >= 11 is 0. The van der Waals surface area contributed by atoms with Gasteiger partial charge in [-0.15, -0.1) is 0 Å². The lowest BCUT2D eigenvalue weighted by Crippen LogP contribution is -2.42. The molecule has 1 N–H and O–H groups in total. The molecule has 0 spiro atoms. The monoisotopic (exact) mass is 282 g/mol. The molecule has 4 heteroatoms. The Hall–Kier alpha value is -1.03. The van der Waals surface area contributed by atoms with E-state index in [9.17, 15) is 8.78 Å². The van der Waals surface area contributed by atoms with Crippen LogP contribution in [0.25, 0.3) is 0 Å². The summed E-state index contributed by atoms with van der Waals surface area (Å²) in [6.07, 6.45) is 4.97. The molecule has 1 aliphatic rings. The van der Waals surface area contributed by atoms with Gasteiger partial charge in [-0.05, 0) is 43.9 Å². The van der Waals surface area contributed by atoms with Crippen molar-refractivity contribution in [1.82, 2.24) is 10.3 Å². The molecule has 20 heavy (non-hydrogen) atoms. The molecule has 1 heterocycles. The average molecular weight is 282 g/mol. The van der Waals surface area contributed by atoms with E-state index in [4.69, 9.17) is 0 Å². The molecule has 2 nitrogen and oxygen atoms in total. The molecule has 0 saturated heterocycles. The van der Waals surface area contributed by atoms with Gasteiger partial charge in [-0.3, -0.25) is 4.98 Å². The third-order valence-corrected chi connectivity index (χ3v) is 4.14. The summed E-state index contributed by atoms with van der Waals surface area (Å²) < 4.78 is 26.6. The first-order valence-corrected chi connectivity index (χ1v) is 7.62. The Morgan fingerprint density at radius 1 is 1.35 bits per heavy atom. The summed E-state index contributed by atoms with van der Waals surface area (Å²) in [7, 11) is 0. The van der Waals surface area contributed by atoms with Gasteiger partial charge in [-0.1, -0.05) is 13.0 Å². The van der Waals surface area contributed by atoms with Crippen LogP contribution in [0.3, 0.4) is 0 Å². The first-order valence-electron chi connectivity index (χ1n) is 7.62. The molecule has 2 rings (SSSR count). The zero-order valence-corrected chi connectivity index (χ0v) is 12.1. The third kappa shape index (κ3) is 4.51. The van der Waals surface area contributed by atoms with Gasteiger partial charge in [0.1, 0.15) is 0 Å². The lowest BCUT2D eigenvalue weighted by molar-refractivity contribution is -0.0495. The van der Waals surface area contributed by atoms with Gasteiger partial charge in [-0.25, -0.2) is 8.78 Å². The van der Waals surface area contributed by atoms with Gasteiger partial charge in [0.05, 0.1) is 0 Å². The number of aromatic nitrogens is 1. The smallest absolute Gasteiger partial charge is 0.248 e. The third-order valence-electron chi connectivity index (χ3n) is 4.14. The number of nitrogens with one attached hydrogen (secondary N) is 1. The highest BCUT2D eigenvalue weighted by Gasteiger charge is 2.37. The van der Waals surface area contributed by atoms with E-state index >= 15 is 0 Å². The van der Waals surface area contributed by atoms with Crippen molar-refractivity contribution in [3.8, 4) is 0 Å². The molecule has 112 valence electrons. The number of pyridine rings is 1. The number of halogens is 2. The van der Waals surface area contributed by atoms with Gasteiger partial charge in [0.2, 0.25) is 5.92 Å². The standard InChI is InChI=1S/C16H24F2N2/c1-2-10-20-15(12-14-5-3-4-11-19-14)13-6-8-16(17,18)9-7-13/h3-5,11,13,15,20H,2,6-10,12H2,1H3. The molecule has 1 aliphatic carbocycles. The van der Waals surface area contributed by atoms with Crippen molar-refractivity contribution in [3.63, 3.8) is 0 Å². The van der Waals surface area contributed by atoms with Crippen molar-refractivity contribution in [1.29, 1.82) is 0 Å². The summed E-state index contributed by atoms with van der Waals surface area (Å²) in [6.45, 7) is 3.06. The number of alkyl halides is 2. The van der Waals surface area contributed by atoms with Crippen LogP contribution in [-0.4, -0.2) is 23.5 Å². The zero-order valence-electron chi connectivity index (χ0n) is 12.1. The van der Waals surface area contributed by atoms with E-state index in [0.717, 1.165) is 25.1 Å². The molecule has 1 aromatic heterocycles. The Morgan fingerprint density at radius 3 is 2.70 bits per heavy atom. The van der Waals surface area contributed by atoms with Gasteiger partial charge in [0.15, 0.2) is 0 Å². The van der Waals surface area contributed by atoms with Gasteiger partial charge < -0.3 is 5.32 Å². The zero-order chi connectivity index (χ0) is 14.4. The molecular weight excluding hydrogens is 258 g/mol. The van der Waals surface area contributed by atoms with Crippen LogP contribution in [0.1, 0.15) is 44.7 Å². The number of hydrogen-bond acceptors (Lipinski definition) is 2. The predicted molar refractivity (Wildman–Crippen MR) is 76.9 cm³/mol. The average Bonchev–Trinajstić information content (AvgIpc) is 2.45. The number of hydrogen-bond donors (Lipinski definition) is 1. The predicted octanol–water partition coefficient (Wildman–Crippen LogP) is 3.82. The number of nitrogens with zero attached hydrogens (tertiary/aromatic N) is 1. The normalized spacial score (nSPS) is 20.8. The summed E-state index contributed by atoms with van der Waals surface area (Å²) in [6, 6.07) is 6.16. The molecule has 0 radical (unpaired) electrons. The lowest BCUT2D eigenvalue weighted by atomic mass is 9.80. The van der Waals surface area contributed by atoms with E-state index in [0.29, 0.717) is 18.8 Å². The van der Waals surface area contributed by atoms with Crippen molar-refractivity contribution >= 4 is 0 Å². The Kier molecular flexibility index (Phi) is 5.46. The second-order valence-electron chi connectivity index (χ2n) is 5.78. The van der Waals surface area contributed by atoms with E-state index in [1.165, 1.54) is 0 Å². The topological polar surface area (TPSA) is 24.9 Å². The van der Waals surface area contributed by atoms with Crippen LogP contribution in [0.2, 0.25) is 0 Å². The highest BCUT2D eigenvalue weighted by molar-refractivity contribution is 5.06. The molecule has 1 fully saturated rings. The Balaban J connectivity index is 1.96. The SMILES string of the molecule is CCCNC(Cc1ccccn1)C1CCC(F)(F)CC1. The molecule has 1 unspecified atom stereocenters. The molecule has 0 aliphatic heterocycles. The first kappa shape index (κ1) is 15.4. The Labute approximate surface area is 120 Å². The van der Waals surface area contributed by atoms with E-state index in [-0.39, 0.29) is 18.9 Å². The fourth-order valence-corrected chi connectivity index (χ4v) is 2.94. The fraction of sp³-hybridized carbons (Fsp3) is 0.688. The van der Waals surface area contributed by atoms with E-state index < -0.39 is 5.92 Å². The van der Waals surface area contributed by atoms with Gasteiger partial charge in [0, 0.05) is 37.2 Å². The van der Waals surface area contributed by atoms with Crippen LogP contribution in [-0.2, 0) is 6.42 Å². The maximum absolute atomic E-state index is 13.3. The van der Waals surface area contributed by atoms with E-state index in [1.807, 2.05) is 18.2 Å². The summed E-state index contributed by atoms with van der Waals surface area (Å²) in [4.78, 5) is 4.36. The quantitative estimate of drug-likeness (QED) is 0.858. The van der Waals surface area contributed by atoms with E-state index in [2.05, 4.69) is 17.2 Å². The van der Waals surface area contributed by atoms with Crippen molar-refractivity contribution in [2.24, 2.45) is 5.92 Å². The molecule has 0 aromatic carbocycles. The van der Waals surface area contributed by atoms with Crippen LogP contribution in [0.5, 0.6) is 0 Å². The second-order valence-corrected chi connectivity index (χ2v) is 5.78. The largest absolute Gasteiger partial charge is 0.313 e. The lowest BCUT2D eigenvalue weighted by Gasteiger charge is -2.34. The molecule has 1 aromatic rings. The van der Waals surface area contributed by atoms with Crippen LogP contribution in [0.4, 0.5) is 8.78 Å². The number of rotatable bonds is 6. The van der Waals surface area contributed by atoms with Crippen molar-refractivity contribution in [2.45, 2.75) is 57.4 Å². The van der Waals surface area contributed by atoms with Crippen LogP contribution in [0.15, 0.2) is 24.4 Å². The van der Waals surface area contributed by atoms with Gasteiger partial charge >= 0.3 is 0 Å². The van der Waals surface area contributed by atoms with Crippen LogP contribution < -0.4 is 5.32 Å². The maximum atomic E-state index is 13.3. The highest BCUT2D eigenvalue weighted by Crippen LogP contribution is 2.37. The summed E-state index contributed by atoms with van der Waals surface area (Å²) in [5.41, 5.74) is 1.04. The van der Waals surface area contributed by atoms with Crippen molar-refractivity contribution in [2.75, 3.05) is 6.54 Å². The van der Waals surface area contributed by atoms with Crippen molar-refractivity contribution in [3.05, 3.63) is 30.1 Å². The summed E-state index contributed by atoms with van der Waals surface area (Å²) in [5.74, 6) is -2.11. The molecular formula is C16H24F2N2. The minimum absolute atomic E-state index is 0.0319. The first-order chi connectivity index (χ1) is 9.61. The molecule has 1 saturated carbocycles. The Morgan fingerprint density at radius 2 is 2.10 bits per heavy atom. The Bertz CT molecular complexity index is 385.